The smallest absolute Gasteiger partial charge is 0.350 e. The Bertz CT molecular complexity index is 822. The van der Waals surface area contributed by atoms with E-state index in [0.29, 0.717) is 17.1 Å². The SMILES string of the molecule is COc1cnc(-n2[nH]c(=O)[nH]c2=O)c2[nH]ccc12. The lowest BCUT2D eigenvalue weighted by Crippen LogP contribution is -2.17. The first kappa shape index (κ1) is 10.4. The monoisotopic (exact) mass is 247 g/mol. The Labute approximate surface area is 99.2 Å². The molecule has 0 spiro atoms. The van der Waals surface area contributed by atoms with E-state index in [4.69, 9.17) is 4.74 Å². The zero-order valence-corrected chi connectivity index (χ0v) is 9.35. The molecular weight excluding hydrogens is 238 g/mol. The number of hydrogen-bond acceptors (Lipinski definition) is 4. The van der Waals surface area contributed by atoms with Crippen molar-refractivity contribution in [2.45, 2.75) is 0 Å². The second-order valence-corrected chi connectivity index (χ2v) is 3.62. The summed E-state index contributed by atoms with van der Waals surface area (Å²) in [7, 11) is 1.54. The summed E-state index contributed by atoms with van der Waals surface area (Å²) in [6.45, 7) is 0. The van der Waals surface area contributed by atoms with Crippen LogP contribution in [0, 0.1) is 0 Å². The Hall–Kier alpha value is -2.77. The van der Waals surface area contributed by atoms with Gasteiger partial charge in [0.1, 0.15) is 5.75 Å². The van der Waals surface area contributed by atoms with Crippen LogP contribution in [0.4, 0.5) is 0 Å². The van der Waals surface area contributed by atoms with E-state index in [9.17, 15) is 9.59 Å². The Morgan fingerprint density at radius 2 is 2.22 bits per heavy atom. The molecule has 8 nitrogen and oxygen atoms in total. The quantitative estimate of drug-likeness (QED) is 0.579. The van der Waals surface area contributed by atoms with E-state index in [1.807, 2.05) is 0 Å². The molecule has 0 bridgehead atoms. The lowest BCUT2D eigenvalue weighted by atomic mass is 10.3. The van der Waals surface area contributed by atoms with Gasteiger partial charge in [-0.2, -0.15) is 4.68 Å². The molecular formula is C10H9N5O3. The van der Waals surface area contributed by atoms with Gasteiger partial charge >= 0.3 is 11.4 Å². The first-order chi connectivity index (χ1) is 8.70. The first-order valence-corrected chi connectivity index (χ1v) is 5.12. The third kappa shape index (κ3) is 1.35. The first-order valence-electron chi connectivity index (χ1n) is 5.12. The van der Waals surface area contributed by atoms with E-state index >= 15 is 0 Å². The zero-order chi connectivity index (χ0) is 12.7. The Kier molecular flexibility index (Phi) is 2.09. The summed E-state index contributed by atoms with van der Waals surface area (Å²) in [6.07, 6.45) is 3.19. The van der Waals surface area contributed by atoms with Crippen LogP contribution in [0.3, 0.4) is 0 Å². The number of hydrogen-bond donors (Lipinski definition) is 3. The third-order valence-corrected chi connectivity index (χ3v) is 2.61. The summed E-state index contributed by atoms with van der Waals surface area (Å²) in [5.74, 6) is 0.889. The predicted octanol–water partition coefficient (Wildman–Crippen LogP) is -0.261. The molecule has 0 aliphatic rings. The van der Waals surface area contributed by atoms with Crippen molar-refractivity contribution in [2.75, 3.05) is 7.11 Å². The molecule has 0 atom stereocenters. The van der Waals surface area contributed by atoms with Gasteiger partial charge in [0.15, 0.2) is 5.82 Å². The molecule has 92 valence electrons. The van der Waals surface area contributed by atoms with Crippen LogP contribution in [0.1, 0.15) is 0 Å². The van der Waals surface area contributed by atoms with Gasteiger partial charge in [-0.05, 0) is 6.07 Å². The fourth-order valence-electron chi connectivity index (χ4n) is 1.83. The van der Waals surface area contributed by atoms with Gasteiger partial charge in [0, 0.05) is 11.6 Å². The van der Waals surface area contributed by atoms with Crippen LogP contribution in [-0.2, 0) is 0 Å². The maximum absolute atomic E-state index is 11.6. The van der Waals surface area contributed by atoms with Crippen molar-refractivity contribution in [1.29, 1.82) is 0 Å². The summed E-state index contributed by atoms with van der Waals surface area (Å²) in [6, 6.07) is 1.80. The molecule has 0 amide bonds. The molecule has 0 unspecified atom stereocenters. The number of aromatic amines is 3. The Morgan fingerprint density at radius 1 is 1.39 bits per heavy atom. The van der Waals surface area contributed by atoms with Gasteiger partial charge in [0.2, 0.25) is 0 Å². The summed E-state index contributed by atoms with van der Waals surface area (Å²) < 4.78 is 6.20. The molecule has 3 aromatic rings. The molecule has 3 rings (SSSR count). The van der Waals surface area contributed by atoms with Gasteiger partial charge in [-0.25, -0.2) is 19.7 Å². The van der Waals surface area contributed by atoms with E-state index in [-0.39, 0.29) is 0 Å². The molecule has 3 aromatic heterocycles. The van der Waals surface area contributed by atoms with E-state index < -0.39 is 11.4 Å². The van der Waals surface area contributed by atoms with Crippen LogP contribution >= 0.6 is 0 Å². The molecule has 0 aliphatic carbocycles. The Balaban J connectivity index is 2.37. The van der Waals surface area contributed by atoms with Crippen LogP contribution in [0.5, 0.6) is 5.75 Å². The van der Waals surface area contributed by atoms with E-state index in [1.165, 1.54) is 13.3 Å². The van der Waals surface area contributed by atoms with Crippen molar-refractivity contribution >= 4 is 10.9 Å². The Morgan fingerprint density at radius 3 is 2.89 bits per heavy atom. The van der Waals surface area contributed by atoms with Crippen molar-refractivity contribution in [3.63, 3.8) is 0 Å². The predicted molar refractivity (Wildman–Crippen MR) is 63.2 cm³/mol. The minimum absolute atomic E-state index is 0.305. The molecule has 8 heteroatoms. The van der Waals surface area contributed by atoms with Crippen LogP contribution in [0.15, 0.2) is 28.0 Å². The van der Waals surface area contributed by atoms with E-state index in [2.05, 4.69) is 20.1 Å². The molecule has 0 aromatic carbocycles. The normalized spacial score (nSPS) is 10.9. The molecule has 0 saturated carbocycles. The average Bonchev–Trinajstić information content (AvgIpc) is 2.94. The number of rotatable bonds is 2. The van der Waals surface area contributed by atoms with Crippen LogP contribution < -0.4 is 16.1 Å². The standard InChI is InChI=1S/C10H9N5O3/c1-18-6-4-12-8(7-5(6)2-3-11-7)15-10(17)13-9(16)14-15/h2-4,11H,1H3,(H2,13,14,16,17). The van der Waals surface area contributed by atoms with Crippen molar-refractivity contribution in [1.82, 2.24) is 24.7 Å². The molecule has 0 saturated heterocycles. The number of ether oxygens (including phenoxy) is 1. The van der Waals surface area contributed by atoms with Crippen molar-refractivity contribution in [3.8, 4) is 11.6 Å². The molecule has 3 N–H and O–H groups in total. The number of aromatic nitrogens is 5. The van der Waals surface area contributed by atoms with Crippen LogP contribution in [0.25, 0.3) is 16.7 Å². The summed E-state index contributed by atoms with van der Waals surface area (Å²) in [5.41, 5.74) is -0.558. The maximum Gasteiger partial charge on any atom is 0.350 e. The van der Waals surface area contributed by atoms with E-state index in [0.717, 1.165) is 10.1 Å². The van der Waals surface area contributed by atoms with Gasteiger partial charge in [0.25, 0.3) is 0 Å². The second-order valence-electron chi connectivity index (χ2n) is 3.62. The van der Waals surface area contributed by atoms with Gasteiger partial charge < -0.3 is 9.72 Å². The molecule has 0 aliphatic heterocycles. The molecule has 18 heavy (non-hydrogen) atoms. The second kappa shape index (κ2) is 3.62. The highest BCUT2D eigenvalue weighted by Crippen LogP contribution is 2.26. The minimum Gasteiger partial charge on any atom is -0.494 e. The van der Waals surface area contributed by atoms with Crippen molar-refractivity contribution in [3.05, 3.63) is 39.4 Å². The summed E-state index contributed by atoms with van der Waals surface area (Å²) in [4.78, 5) is 31.8. The van der Waals surface area contributed by atoms with Gasteiger partial charge in [-0.15, -0.1) is 0 Å². The number of fused-ring (bicyclic) bond motifs is 1. The lowest BCUT2D eigenvalue weighted by Gasteiger charge is -2.05. The highest BCUT2D eigenvalue weighted by molar-refractivity contribution is 5.90. The highest BCUT2D eigenvalue weighted by atomic mass is 16.5. The average molecular weight is 247 g/mol. The zero-order valence-electron chi connectivity index (χ0n) is 9.35. The van der Waals surface area contributed by atoms with E-state index in [1.54, 1.807) is 12.3 Å². The van der Waals surface area contributed by atoms with Gasteiger partial charge in [-0.1, -0.05) is 0 Å². The van der Waals surface area contributed by atoms with Crippen molar-refractivity contribution < 1.29 is 4.74 Å². The highest BCUT2D eigenvalue weighted by Gasteiger charge is 2.13. The van der Waals surface area contributed by atoms with Gasteiger partial charge in [0.05, 0.1) is 18.8 Å². The minimum atomic E-state index is -0.586. The number of nitrogens with one attached hydrogen (secondary N) is 3. The molecule has 0 radical (unpaired) electrons. The van der Waals surface area contributed by atoms with Gasteiger partial charge in [-0.3, -0.25) is 4.98 Å². The summed E-state index contributed by atoms with van der Waals surface area (Å²) >= 11 is 0. The van der Waals surface area contributed by atoms with Crippen molar-refractivity contribution in [2.24, 2.45) is 0 Å². The number of nitrogens with zero attached hydrogens (tertiary/aromatic N) is 2. The fraction of sp³-hybridized carbons (Fsp3) is 0.100. The summed E-state index contributed by atoms with van der Waals surface area (Å²) in [5, 5.41) is 3.12. The number of methoxy groups -OCH3 is 1. The largest absolute Gasteiger partial charge is 0.494 e. The number of pyridine rings is 1. The third-order valence-electron chi connectivity index (χ3n) is 2.61. The lowest BCUT2D eigenvalue weighted by molar-refractivity contribution is 0.418. The fourth-order valence-corrected chi connectivity index (χ4v) is 1.83. The topological polar surface area (TPSA) is 109 Å². The molecule has 0 fully saturated rings. The number of H-pyrrole nitrogens is 3. The van der Waals surface area contributed by atoms with Crippen LogP contribution in [0.2, 0.25) is 0 Å². The van der Waals surface area contributed by atoms with Crippen LogP contribution in [-0.4, -0.2) is 31.8 Å². The maximum atomic E-state index is 11.6. The molecule has 3 heterocycles.